The maximum absolute atomic E-state index is 11.0. The van der Waals surface area contributed by atoms with Crippen LogP contribution in [-0.4, -0.2) is 29.5 Å². The third kappa shape index (κ3) is 4.22. The summed E-state index contributed by atoms with van der Waals surface area (Å²) in [6, 6.07) is 9.89. The first-order valence-electron chi connectivity index (χ1n) is 7.46. The minimum Gasteiger partial charge on any atom is -0.500 e. The quantitative estimate of drug-likeness (QED) is 0.473. The van der Waals surface area contributed by atoms with Crippen molar-refractivity contribution < 1.29 is 19.5 Å². The van der Waals surface area contributed by atoms with Crippen LogP contribution in [0.25, 0.3) is 0 Å². The van der Waals surface area contributed by atoms with Crippen LogP contribution in [0, 0.1) is 10.1 Å². The van der Waals surface area contributed by atoms with Crippen molar-refractivity contribution in [3.8, 4) is 17.2 Å². The summed E-state index contributed by atoms with van der Waals surface area (Å²) in [6.45, 7) is 4.50. The number of aromatic hydroxyl groups is 1. The van der Waals surface area contributed by atoms with Crippen LogP contribution in [0.4, 0.5) is 11.4 Å². The first kappa shape index (κ1) is 17.3. The molecule has 0 radical (unpaired) electrons. The fourth-order valence-corrected chi connectivity index (χ4v) is 2.04. The highest BCUT2D eigenvalue weighted by atomic mass is 16.6. The van der Waals surface area contributed by atoms with Crippen LogP contribution in [0.1, 0.15) is 19.4 Å². The molecule has 126 valence electrons. The number of benzene rings is 2. The Balaban J connectivity index is 2.29. The Morgan fingerprint density at radius 1 is 1.17 bits per heavy atom. The molecule has 0 atom stereocenters. The Kier molecular flexibility index (Phi) is 5.73. The highest BCUT2D eigenvalue weighted by Gasteiger charge is 2.19. The summed E-state index contributed by atoms with van der Waals surface area (Å²) in [5.41, 5.74) is 0.707. The van der Waals surface area contributed by atoms with Gasteiger partial charge in [-0.1, -0.05) is 0 Å². The summed E-state index contributed by atoms with van der Waals surface area (Å²) in [6.07, 6.45) is 1.48. The average molecular weight is 330 g/mol. The second kappa shape index (κ2) is 7.96. The van der Waals surface area contributed by atoms with Crippen LogP contribution in [0.2, 0.25) is 0 Å². The summed E-state index contributed by atoms with van der Waals surface area (Å²) in [5.74, 6) is 0.315. The number of nitro groups is 1. The molecule has 0 unspecified atom stereocenters. The van der Waals surface area contributed by atoms with Gasteiger partial charge in [-0.25, -0.2) is 0 Å². The molecular weight excluding hydrogens is 312 g/mol. The van der Waals surface area contributed by atoms with Gasteiger partial charge < -0.3 is 14.6 Å². The number of nitrogens with zero attached hydrogens (tertiary/aromatic N) is 2. The lowest BCUT2D eigenvalue weighted by molar-refractivity contribution is -0.386. The van der Waals surface area contributed by atoms with Crippen molar-refractivity contribution in [2.24, 2.45) is 4.99 Å². The normalized spacial score (nSPS) is 10.8. The molecule has 0 aliphatic carbocycles. The third-order valence-corrected chi connectivity index (χ3v) is 3.08. The van der Waals surface area contributed by atoms with E-state index in [0.29, 0.717) is 17.9 Å². The highest BCUT2D eigenvalue weighted by molar-refractivity contribution is 5.85. The van der Waals surface area contributed by atoms with Crippen LogP contribution in [0.15, 0.2) is 41.4 Å². The second-order valence-electron chi connectivity index (χ2n) is 4.76. The van der Waals surface area contributed by atoms with Gasteiger partial charge in [-0.3, -0.25) is 15.1 Å². The standard InChI is InChI=1S/C17H18N2O5/c1-3-23-14-7-5-13(6-8-14)18-11-12-9-15(19(21)22)17(20)16(10-12)24-4-2/h5-11,20H,3-4H2,1-2H3. The van der Waals surface area contributed by atoms with E-state index in [4.69, 9.17) is 9.47 Å². The van der Waals surface area contributed by atoms with Crippen molar-refractivity contribution in [3.05, 3.63) is 52.1 Å². The van der Waals surface area contributed by atoms with Crippen molar-refractivity contribution in [3.63, 3.8) is 0 Å². The lowest BCUT2D eigenvalue weighted by Gasteiger charge is -2.07. The Labute approximate surface area is 139 Å². The number of rotatable bonds is 7. The van der Waals surface area contributed by atoms with Crippen LogP contribution < -0.4 is 9.47 Å². The smallest absolute Gasteiger partial charge is 0.315 e. The minimum absolute atomic E-state index is 0.0554. The Morgan fingerprint density at radius 3 is 2.42 bits per heavy atom. The zero-order valence-corrected chi connectivity index (χ0v) is 13.4. The molecule has 7 nitrogen and oxygen atoms in total. The van der Waals surface area contributed by atoms with E-state index >= 15 is 0 Å². The first-order chi connectivity index (χ1) is 11.5. The van der Waals surface area contributed by atoms with Crippen LogP contribution in [-0.2, 0) is 0 Å². The van der Waals surface area contributed by atoms with Crippen LogP contribution in [0.5, 0.6) is 17.2 Å². The molecule has 2 aromatic carbocycles. The molecule has 7 heteroatoms. The van der Waals surface area contributed by atoms with Gasteiger partial charge >= 0.3 is 5.69 Å². The van der Waals surface area contributed by atoms with E-state index in [1.54, 1.807) is 31.2 Å². The van der Waals surface area contributed by atoms with Crippen molar-refractivity contribution in [1.82, 2.24) is 0 Å². The van der Waals surface area contributed by atoms with E-state index in [-0.39, 0.29) is 12.4 Å². The third-order valence-electron chi connectivity index (χ3n) is 3.08. The Morgan fingerprint density at radius 2 is 1.83 bits per heavy atom. The predicted molar refractivity (Wildman–Crippen MR) is 90.8 cm³/mol. The Hall–Kier alpha value is -3.09. The lowest BCUT2D eigenvalue weighted by Crippen LogP contribution is -1.97. The summed E-state index contributed by atoms with van der Waals surface area (Å²) in [5, 5.41) is 20.9. The number of aliphatic imine (C=N–C) groups is 1. The number of ether oxygens (including phenoxy) is 2. The molecule has 2 aromatic rings. The molecule has 1 N–H and O–H groups in total. The van der Waals surface area contributed by atoms with Gasteiger partial charge in [0.1, 0.15) is 5.75 Å². The summed E-state index contributed by atoms with van der Waals surface area (Å²) in [7, 11) is 0. The molecule has 24 heavy (non-hydrogen) atoms. The van der Waals surface area contributed by atoms with E-state index in [1.165, 1.54) is 18.3 Å². The van der Waals surface area contributed by atoms with Gasteiger partial charge in [-0.2, -0.15) is 0 Å². The van der Waals surface area contributed by atoms with E-state index < -0.39 is 16.4 Å². The van der Waals surface area contributed by atoms with Crippen molar-refractivity contribution in [1.29, 1.82) is 0 Å². The van der Waals surface area contributed by atoms with Crippen LogP contribution >= 0.6 is 0 Å². The van der Waals surface area contributed by atoms with Gasteiger partial charge in [0.05, 0.1) is 23.8 Å². The summed E-state index contributed by atoms with van der Waals surface area (Å²) in [4.78, 5) is 14.6. The topological polar surface area (TPSA) is 94.2 Å². The number of hydrogen-bond donors (Lipinski definition) is 1. The van der Waals surface area contributed by atoms with E-state index in [0.717, 1.165) is 5.75 Å². The number of phenols is 1. The van der Waals surface area contributed by atoms with E-state index in [1.807, 2.05) is 6.92 Å². The van der Waals surface area contributed by atoms with Gasteiger partial charge in [0.25, 0.3) is 0 Å². The van der Waals surface area contributed by atoms with Gasteiger partial charge in [-0.05, 0) is 44.2 Å². The number of nitro benzene ring substituents is 1. The van der Waals surface area contributed by atoms with Gasteiger partial charge in [0.2, 0.25) is 5.75 Å². The van der Waals surface area contributed by atoms with Crippen molar-refractivity contribution in [2.45, 2.75) is 13.8 Å². The second-order valence-corrected chi connectivity index (χ2v) is 4.76. The molecule has 0 heterocycles. The molecule has 0 aliphatic heterocycles. The molecule has 0 fully saturated rings. The monoisotopic (exact) mass is 330 g/mol. The summed E-state index contributed by atoms with van der Waals surface area (Å²) >= 11 is 0. The zero-order chi connectivity index (χ0) is 17.5. The lowest BCUT2D eigenvalue weighted by atomic mass is 10.2. The fraction of sp³-hybridized carbons (Fsp3) is 0.235. The maximum atomic E-state index is 11.0. The molecule has 0 saturated carbocycles. The summed E-state index contributed by atoms with van der Waals surface area (Å²) < 4.78 is 10.6. The van der Waals surface area contributed by atoms with E-state index in [9.17, 15) is 15.2 Å². The predicted octanol–water partition coefficient (Wildman–Crippen LogP) is 3.85. The number of phenolic OH excluding ortho intramolecular Hbond substituents is 1. The molecule has 0 aromatic heterocycles. The average Bonchev–Trinajstić information content (AvgIpc) is 2.57. The van der Waals surface area contributed by atoms with Crippen LogP contribution in [0.3, 0.4) is 0 Å². The highest BCUT2D eigenvalue weighted by Crippen LogP contribution is 2.36. The minimum atomic E-state index is -0.661. The molecule has 2 rings (SSSR count). The van der Waals surface area contributed by atoms with Gasteiger partial charge in [0, 0.05) is 17.8 Å². The molecule has 0 spiro atoms. The van der Waals surface area contributed by atoms with Crippen molar-refractivity contribution >= 4 is 17.6 Å². The molecule has 0 bridgehead atoms. The SMILES string of the molecule is CCOc1ccc(N=Cc2cc(OCC)c(O)c([N+](=O)[O-])c2)cc1. The fourth-order valence-electron chi connectivity index (χ4n) is 2.04. The van der Waals surface area contributed by atoms with E-state index in [2.05, 4.69) is 4.99 Å². The molecule has 0 amide bonds. The first-order valence-corrected chi connectivity index (χ1v) is 7.46. The van der Waals surface area contributed by atoms with Gasteiger partial charge in [-0.15, -0.1) is 0 Å². The largest absolute Gasteiger partial charge is 0.500 e. The molecule has 0 aliphatic rings. The van der Waals surface area contributed by atoms with Gasteiger partial charge in [0.15, 0.2) is 5.75 Å². The van der Waals surface area contributed by atoms with Crippen molar-refractivity contribution in [2.75, 3.05) is 13.2 Å². The maximum Gasteiger partial charge on any atom is 0.315 e. The molecule has 0 saturated heterocycles. The molecular formula is C17H18N2O5. The zero-order valence-electron chi connectivity index (χ0n) is 13.4. The number of hydrogen-bond acceptors (Lipinski definition) is 6. The Bertz CT molecular complexity index is 741.